The molecule has 1 aromatic rings. The Hall–Kier alpha value is -1.47. The predicted octanol–water partition coefficient (Wildman–Crippen LogP) is 0.609. The van der Waals surface area contributed by atoms with Gasteiger partial charge in [0.25, 0.3) is 0 Å². The number of allylic oxidation sites excluding steroid dienone is 1. The summed E-state index contributed by atoms with van der Waals surface area (Å²) in [5.41, 5.74) is 0.953. The summed E-state index contributed by atoms with van der Waals surface area (Å²) in [5.74, 6) is -0.447. The number of halogens is 1. The van der Waals surface area contributed by atoms with Gasteiger partial charge in [-0.1, -0.05) is 30.3 Å². The number of aliphatic hydroxyl groups is 1. The van der Waals surface area contributed by atoms with Crippen molar-refractivity contribution in [2.24, 2.45) is 0 Å². The molecule has 0 aromatic heterocycles. The van der Waals surface area contributed by atoms with Gasteiger partial charge in [-0.05, 0) is 21.5 Å². The van der Waals surface area contributed by atoms with E-state index in [1.807, 2.05) is 30.3 Å². The first-order valence-electron chi connectivity index (χ1n) is 5.60. The zero-order valence-electron chi connectivity index (χ0n) is 9.93. The molecule has 1 aromatic carbocycles. The third kappa shape index (κ3) is 3.10. The molecule has 100 valence electrons. The number of rotatable bonds is 4. The summed E-state index contributed by atoms with van der Waals surface area (Å²) in [6.45, 7) is -0.270. The SMILES string of the molecule is O=C1C(OCc2ccccc2)=C[NH+]([O-])C(CO)=C1Br. The van der Waals surface area contributed by atoms with Crippen molar-refractivity contribution in [2.45, 2.75) is 6.61 Å². The topological polar surface area (TPSA) is 74.0 Å². The zero-order chi connectivity index (χ0) is 13.8. The molecule has 0 fully saturated rings. The van der Waals surface area contributed by atoms with Crippen LogP contribution in [0.3, 0.4) is 0 Å². The van der Waals surface area contributed by atoms with E-state index in [4.69, 9.17) is 9.84 Å². The smallest absolute Gasteiger partial charge is 0.245 e. The van der Waals surface area contributed by atoms with Gasteiger partial charge in [-0.3, -0.25) is 4.79 Å². The fraction of sp³-hybridized carbons (Fsp3) is 0.154. The van der Waals surface area contributed by atoms with Crippen LogP contribution in [-0.2, 0) is 16.1 Å². The highest BCUT2D eigenvalue weighted by Crippen LogP contribution is 2.19. The molecule has 19 heavy (non-hydrogen) atoms. The van der Waals surface area contributed by atoms with Crippen molar-refractivity contribution in [3.63, 3.8) is 0 Å². The van der Waals surface area contributed by atoms with Gasteiger partial charge in [0.2, 0.25) is 11.5 Å². The molecule has 0 bridgehead atoms. The minimum Gasteiger partial charge on any atom is -0.624 e. The van der Waals surface area contributed by atoms with Crippen molar-refractivity contribution in [3.05, 3.63) is 63.2 Å². The molecule has 0 aliphatic carbocycles. The first kappa shape index (κ1) is 14.0. The number of carbonyl (C=O) groups excluding carboxylic acids is 1. The predicted molar refractivity (Wildman–Crippen MR) is 71.7 cm³/mol. The van der Waals surface area contributed by atoms with Crippen LogP contribution in [0.4, 0.5) is 0 Å². The van der Waals surface area contributed by atoms with Crippen LogP contribution in [0.5, 0.6) is 0 Å². The second-order valence-corrected chi connectivity index (χ2v) is 4.72. The first-order chi connectivity index (χ1) is 9.13. The van der Waals surface area contributed by atoms with E-state index < -0.39 is 17.5 Å². The van der Waals surface area contributed by atoms with Crippen LogP contribution in [-0.4, -0.2) is 17.5 Å². The van der Waals surface area contributed by atoms with Crippen LogP contribution < -0.4 is 5.06 Å². The number of nitrogens with one attached hydrogen (secondary N) is 1. The molecule has 1 atom stereocenters. The van der Waals surface area contributed by atoms with E-state index >= 15 is 0 Å². The molecule has 6 heteroatoms. The summed E-state index contributed by atoms with van der Waals surface area (Å²) in [7, 11) is 0. The molecule has 1 aliphatic rings. The van der Waals surface area contributed by atoms with Crippen LogP contribution in [0.15, 0.2) is 52.5 Å². The van der Waals surface area contributed by atoms with Crippen LogP contribution in [0.1, 0.15) is 5.56 Å². The molecule has 5 nitrogen and oxygen atoms in total. The molecule has 0 spiro atoms. The number of carbonyl (C=O) groups is 1. The van der Waals surface area contributed by atoms with Crippen LogP contribution in [0, 0.1) is 5.21 Å². The molecule has 0 saturated carbocycles. The Balaban J connectivity index is 2.08. The molecule has 0 saturated heterocycles. The van der Waals surface area contributed by atoms with Crippen LogP contribution >= 0.6 is 15.9 Å². The number of hydrogen-bond acceptors (Lipinski definition) is 4. The lowest BCUT2D eigenvalue weighted by Crippen LogP contribution is -3.02. The van der Waals surface area contributed by atoms with E-state index in [0.717, 1.165) is 11.8 Å². The van der Waals surface area contributed by atoms with Crippen LogP contribution in [0.2, 0.25) is 0 Å². The van der Waals surface area contributed by atoms with Crippen LogP contribution in [0.25, 0.3) is 0 Å². The van der Waals surface area contributed by atoms with Gasteiger partial charge < -0.3 is 20.1 Å². The maximum atomic E-state index is 11.9. The fourth-order valence-electron chi connectivity index (χ4n) is 1.61. The Morgan fingerprint density at radius 2 is 2.00 bits per heavy atom. The highest BCUT2D eigenvalue weighted by Gasteiger charge is 2.28. The maximum absolute atomic E-state index is 11.9. The third-order valence-corrected chi connectivity index (χ3v) is 3.48. The minimum atomic E-state index is -0.479. The standard InChI is InChI=1S/C13H12BrNO4/c14-12-10(7-16)15(18)6-11(13(12)17)19-8-9-4-2-1-3-5-9/h1-6,15-16H,7-8H2. The lowest BCUT2D eigenvalue weighted by Gasteiger charge is -2.24. The first-order valence-corrected chi connectivity index (χ1v) is 6.39. The molecule has 2 N–H and O–H groups in total. The summed E-state index contributed by atoms with van der Waals surface area (Å²) in [6, 6.07) is 9.32. The van der Waals surface area contributed by atoms with Gasteiger partial charge >= 0.3 is 0 Å². The number of ether oxygens (including phenoxy) is 1. The summed E-state index contributed by atoms with van der Waals surface area (Å²) in [6.07, 6.45) is 1.11. The third-order valence-electron chi connectivity index (χ3n) is 2.64. The van der Waals surface area contributed by atoms with E-state index in [2.05, 4.69) is 15.9 Å². The molecule has 1 heterocycles. The van der Waals surface area contributed by atoms with E-state index in [1.165, 1.54) is 0 Å². The lowest BCUT2D eigenvalue weighted by atomic mass is 10.2. The molecular formula is C13H12BrNO4. The van der Waals surface area contributed by atoms with E-state index in [0.29, 0.717) is 0 Å². The fourth-order valence-corrected chi connectivity index (χ4v) is 2.13. The monoisotopic (exact) mass is 325 g/mol. The number of hydroxylamine groups is 2. The molecule has 1 aliphatic heterocycles. The summed E-state index contributed by atoms with van der Waals surface area (Å²) < 4.78 is 5.42. The highest BCUT2D eigenvalue weighted by atomic mass is 79.9. The van der Waals surface area contributed by atoms with Crippen molar-refractivity contribution in [3.8, 4) is 0 Å². The van der Waals surface area contributed by atoms with E-state index in [9.17, 15) is 10.0 Å². The zero-order valence-corrected chi connectivity index (χ0v) is 11.5. The van der Waals surface area contributed by atoms with Gasteiger partial charge in [0.1, 0.15) is 23.9 Å². The van der Waals surface area contributed by atoms with Crippen molar-refractivity contribution in [1.29, 1.82) is 0 Å². The van der Waals surface area contributed by atoms with Crippen molar-refractivity contribution in [1.82, 2.24) is 0 Å². The Morgan fingerprint density at radius 1 is 1.32 bits per heavy atom. The largest absolute Gasteiger partial charge is 0.624 e. The van der Waals surface area contributed by atoms with Gasteiger partial charge in [0, 0.05) is 0 Å². The second kappa shape index (κ2) is 6.12. The van der Waals surface area contributed by atoms with Gasteiger partial charge in [-0.15, -0.1) is 0 Å². The van der Waals surface area contributed by atoms with Crippen molar-refractivity contribution in [2.75, 3.05) is 6.61 Å². The minimum absolute atomic E-state index is 0.0158. The van der Waals surface area contributed by atoms with Crippen molar-refractivity contribution < 1.29 is 19.7 Å². The average Bonchev–Trinajstić information content (AvgIpc) is 2.43. The number of Topliss-reactive ketones (excluding diaryl/α,β-unsaturated/α-hetero) is 1. The molecule has 0 radical (unpaired) electrons. The molecule has 0 amide bonds. The van der Waals surface area contributed by atoms with E-state index in [-0.39, 0.29) is 22.5 Å². The molecule has 2 rings (SSSR count). The second-order valence-electron chi connectivity index (χ2n) is 3.93. The number of aliphatic hydroxyl groups excluding tert-OH is 1. The number of benzene rings is 1. The van der Waals surface area contributed by atoms with Crippen molar-refractivity contribution >= 4 is 21.7 Å². The summed E-state index contributed by atoms with van der Waals surface area (Å²) >= 11 is 3.02. The Kier molecular flexibility index (Phi) is 4.49. The van der Waals surface area contributed by atoms with Gasteiger partial charge in [-0.2, -0.15) is 0 Å². The van der Waals surface area contributed by atoms with Gasteiger partial charge in [0.05, 0.1) is 0 Å². The Labute approximate surface area is 118 Å². The van der Waals surface area contributed by atoms with E-state index in [1.54, 1.807) is 0 Å². The number of ketones is 1. The molecular weight excluding hydrogens is 314 g/mol. The lowest BCUT2D eigenvalue weighted by molar-refractivity contribution is -0.750. The quantitative estimate of drug-likeness (QED) is 0.795. The summed E-state index contributed by atoms with van der Waals surface area (Å²) in [5, 5.41) is 20.2. The number of hydrogen-bond donors (Lipinski definition) is 2. The summed E-state index contributed by atoms with van der Waals surface area (Å²) in [4.78, 5) is 11.9. The molecule has 1 unspecified atom stereocenters. The normalized spacial score (nSPS) is 19.4. The number of quaternary nitrogens is 1. The maximum Gasteiger partial charge on any atom is 0.245 e. The van der Waals surface area contributed by atoms with Gasteiger partial charge in [-0.25, -0.2) is 0 Å². The van der Waals surface area contributed by atoms with Gasteiger partial charge in [0.15, 0.2) is 5.70 Å². The average molecular weight is 326 g/mol. The highest BCUT2D eigenvalue weighted by molar-refractivity contribution is 9.12. The Morgan fingerprint density at radius 3 is 2.63 bits per heavy atom. The Bertz CT molecular complexity index is 539.